The van der Waals surface area contributed by atoms with Gasteiger partial charge in [0.15, 0.2) is 5.75 Å². The fourth-order valence-corrected chi connectivity index (χ4v) is 3.11. The van der Waals surface area contributed by atoms with E-state index in [0.29, 0.717) is 29.6 Å². The highest BCUT2D eigenvalue weighted by molar-refractivity contribution is 5.76. The van der Waals surface area contributed by atoms with E-state index in [2.05, 4.69) is 20.1 Å². The second-order valence-electron chi connectivity index (χ2n) is 6.16. The molecule has 1 atom stereocenters. The highest BCUT2D eigenvalue weighted by Gasteiger charge is 2.27. The first-order valence-corrected chi connectivity index (χ1v) is 8.48. The Balaban J connectivity index is 1.51. The monoisotopic (exact) mass is 354 g/mol. The Hall–Kier alpha value is -3.23. The lowest BCUT2D eigenvalue weighted by molar-refractivity contribution is -0.129. The number of hydrogen-bond acceptors (Lipinski definition) is 6. The van der Waals surface area contributed by atoms with Crippen LogP contribution in [0.4, 0.5) is 0 Å². The fraction of sp³-hybridized carbons (Fsp3) is 0.353. The molecule has 0 aliphatic carbocycles. The molecular weight excluding hydrogens is 336 g/mol. The van der Waals surface area contributed by atoms with Crippen molar-refractivity contribution in [3.05, 3.63) is 41.2 Å². The van der Waals surface area contributed by atoms with E-state index in [4.69, 9.17) is 4.74 Å². The van der Waals surface area contributed by atoms with Gasteiger partial charge in [-0.05, 0) is 12.5 Å². The van der Waals surface area contributed by atoms with Gasteiger partial charge in [0.05, 0.1) is 35.5 Å². The lowest BCUT2D eigenvalue weighted by atomic mass is 10.3. The Bertz CT molecular complexity index is 1010. The third-order valence-electron chi connectivity index (χ3n) is 4.47. The van der Waals surface area contributed by atoms with E-state index in [1.165, 1.54) is 12.4 Å². The number of rotatable bonds is 4. The molecule has 9 nitrogen and oxygen atoms in total. The maximum Gasteiger partial charge on any atom is 0.302 e. The van der Waals surface area contributed by atoms with Crippen LogP contribution in [0.15, 0.2) is 35.6 Å². The number of hydrogen-bond donors (Lipinski definition) is 1. The Morgan fingerprint density at radius 1 is 1.42 bits per heavy atom. The lowest BCUT2D eigenvalue weighted by Crippen LogP contribution is -2.28. The predicted molar refractivity (Wildman–Crippen MR) is 93.0 cm³/mol. The van der Waals surface area contributed by atoms with E-state index in [-0.39, 0.29) is 23.5 Å². The molecule has 0 unspecified atom stereocenters. The van der Waals surface area contributed by atoms with Crippen molar-refractivity contribution in [1.29, 1.82) is 0 Å². The smallest absolute Gasteiger partial charge is 0.302 e. The summed E-state index contributed by atoms with van der Waals surface area (Å²) < 4.78 is 7.44. The Kier molecular flexibility index (Phi) is 4.11. The second-order valence-corrected chi connectivity index (χ2v) is 6.16. The normalized spacial score (nSPS) is 17.0. The minimum absolute atomic E-state index is 0.0873. The minimum Gasteiger partial charge on any atom is -0.422 e. The van der Waals surface area contributed by atoms with Crippen molar-refractivity contribution in [3.8, 4) is 11.8 Å². The summed E-state index contributed by atoms with van der Waals surface area (Å²) in [5.41, 5.74) is 0.174. The number of pyridine rings is 1. The van der Waals surface area contributed by atoms with Gasteiger partial charge in [-0.1, -0.05) is 6.92 Å². The molecule has 1 amide bonds. The van der Waals surface area contributed by atoms with Gasteiger partial charge >= 0.3 is 6.01 Å². The van der Waals surface area contributed by atoms with Gasteiger partial charge in [-0.25, -0.2) is 0 Å². The van der Waals surface area contributed by atoms with Crippen LogP contribution in [0.3, 0.4) is 0 Å². The van der Waals surface area contributed by atoms with Gasteiger partial charge in [-0.15, -0.1) is 0 Å². The number of aromatic amines is 1. The van der Waals surface area contributed by atoms with Gasteiger partial charge in [0.1, 0.15) is 0 Å². The highest BCUT2D eigenvalue weighted by Crippen LogP contribution is 2.25. The van der Waals surface area contributed by atoms with E-state index in [0.717, 1.165) is 13.0 Å². The van der Waals surface area contributed by atoms with E-state index in [9.17, 15) is 9.59 Å². The summed E-state index contributed by atoms with van der Waals surface area (Å²) in [6.45, 7) is 3.24. The summed E-state index contributed by atoms with van der Waals surface area (Å²) in [6, 6.07) is 1.81. The van der Waals surface area contributed by atoms with Crippen molar-refractivity contribution in [3.63, 3.8) is 0 Å². The predicted octanol–water partition coefficient (Wildman–Crippen LogP) is 1.49. The zero-order chi connectivity index (χ0) is 18.1. The lowest BCUT2D eigenvalue weighted by Gasteiger charge is -2.15. The van der Waals surface area contributed by atoms with Crippen LogP contribution in [0.1, 0.15) is 25.8 Å². The highest BCUT2D eigenvalue weighted by atomic mass is 16.5. The SMILES string of the molecule is CCC(=O)N1CC[C@H](n2cc(Oc3nc4cnccc4c(=O)[nH]3)cn2)C1. The van der Waals surface area contributed by atoms with Gasteiger partial charge in [0.2, 0.25) is 5.91 Å². The zero-order valence-electron chi connectivity index (χ0n) is 14.3. The third kappa shape index (κ3) is 3.03. The average Bonchev–Trinajstić information content (AvgIpc) is 3.30. The zero-order valence-corrected chi connectivity index (χ0v) is 14.3. The number of nitrogens with one attached hydrogen (secondary N) is 1. The molecule has 9 heteroatoms. The van der Waals surface area contributed by atoms with Crippen molar-refractivity contribution in [2.45, 2.75) is 25.8 Å². The van der Waals surface area contributed by atoms with Crippen LogP contribution in [0.2, 0.25) is 0 Å². The summed E-state index contributed by atoms with van der Waals surface area (Å²) in [5.74, 6) is 0.624. The number of likely N-dealkylation sites (tertiary alicyclic amines) is 1. The molecule has 0 radical (unpaired) electrons. The van der Waals surface area contributed by atoms with Crippen molar-refractivity contribution < 1.29 is 9.53 Å². The standard InChI is InChI=1S/C17H18N6O3/c1-2-15(24)22-6-4-11(9-22)23-10-12(7-19-23)26-17-20-14-8-18-5-3-13(14)16(25)21-17/h3,5,7-8,10-11H,2,4,6,9H2,1H3,(H,20,21,25)/t11-/m0/s1. The van der Waals surface area contributed by atoms with Crippen molar-refractivity contribution in [1.82, 2.24) is 29.6 Å². The van der Waals surface area contributed by atoms with Gasteiger partial charge < -0.3 is 9.64 Å². The van der Waals surface area contributed by atoms with Gasteiger partial charge in [0, 0.05) is 25.7 Å². The number of carbonyl (C=O) groups excluding carboxylic acids is 1. The summed E-state index contributed by atoms with van der Waals surface area (Å²) in [5, 5.41) is 4.77. The molecule has 1 N–H and O–H groups in total. The molecule has 4 rings (SSSR count). The van der Waals surface area contributed by atoms with Crippen LogP contribution in [0.25, 0.3) is 10.9 Å². The molecule has 1 saturated heterocycles. The molecule has 26 heavy (non-hydrogen) atoms. The number of aromatic nitrogens is 5. The number of ether oxygens (including phenoxy) is 1. The first-order valence-electron chi connectivity index (χ1n) is 8.48. The van der Waals surface area contributed by atoms with Crippen LogP contribution in [-0.4, -0.2) is 48.6 Å². The van der Waals surface area contributed by atoms with Crippen LogP contribution >= 0.6 is 0 Å². The third-order valence-corrected chi connectivity index (χ3v) is 4.47. The average molecular weight is 354 g/mol. The fourth-order valence-electron chi connectivity index (χ4n) is 3.11. The van der Waals surface area contributed by atoms with Gasteiger partial charge in [-0.2, -0.15) is 10.1 Å². The van der Waals surface area contributed by atoms with E-state index < -0.39 is 0 Å². The Labute approximate surface area is 148 Å². The molecule has 0 spiro atoms. The van der Waals surface area contributed by atoms with E-state index in [1.807, 2.05) is 11.8 Å². The molecule has 1 aliphatic heterocycles. The topological polar surface area (TPSA) is 106 Å². The molecule has 3 aromatic rings. The van der Waals surface area contributed by atoms with Crippen molar-refractivity contribution in [2.75, 3.05) is 13.1 Å². The van der Waals surface area contributed by atoms with E-state index >= 15 is 0 Å². The summed E-state index contributed by atoms with van der Waals surface area (Å²) in [6.07, 6.45) is 7.73. The first kappa shape index (κ1) is 16.2. The molecule has 0 bridgehead atoms. The largest absolute Gasteiger partial charge is 0.422 e. The van der Waals surface area contributed by atoms with Crippen LogP contribution in [-0.2, 0) is 4.79 Å². The maximum atomic E-state index is 12.1. The molecule has 1 aliphatic rings. The summed E-state index contributed by atoms with van der Waals surface area (Å²) >= 11 is 0. The quantitative estimate of drug-likeness (QED) is 0.761. The Morgan fingerprint density at radius 3 is 3.15 bits per heavy atom. The second kappa shape index (κ2) is 6.58. The van der Waals surface area contributed by atoms with Gasteiger partial charge in [-0.3, -0.25) is 24.2 Å². The first-order chi connectivity index (χ1) is 12.6. The molecular formula is C17H18N6O3. The molecule has 134 valence electrons. The minimum atomic E-state index is -0.288. The van der Waals surface area contributed by atoms with Gasteiger partial charge in [0.25, 0.3) is 5.56 Å². The number of amides is 1. The molecule has 0 aromatic carbocycles. The van der Waals surface area contributed by atoms with Crippen LogP contribution < -0.4 is 10.3 Å². The van der Waals surface area contributed by atoms with Crippen LogP contribution in [0.5, 0.6) is 11.8 Å². The summed E-state index contributed by atoms with van der Waals surface area (Å²) in [4.78, 5) is 36.5. The molecule has 3 aromatic heterocycles. The summed E-state index contributed by atoms with van der Waals surface area (Å²) in [7, 11) is 0. The van der Waals surface area contributed by atoms with Crippen LogP contribution in [0, 0.1) is 0 Å². The molecule has 4 heterocycles. The molecule has 1 fully saturated rings. The number of carbonyl (C=O) groups is 1. The Morgan fingerprint density at radius 2 is 2.31 bits per heavy atom. The van der Waals surface area contributed by atoms with Crippen molar-refractivity contribution in [2.24, 2.45) is 0 Å². The van der Waals surface area contributed by atoms with Crippen molar-refractivity contribution >= 4 is 16.8 Å². The number of nitrogens with zero attached hydrogens (tertiary/aromatic N) is 5. The number of fused-ring (bicyclic) bond motifs is 1. The van der Waals surface area contributed by atoms with E-state index in [1.54, 1.807) is 23.1 Å². The number of H-pyrrole nitrogens is 1. The maximum absolute atomic E-state index is 12.1. The molecule has 0 saturated carbocycles.